The highest BCUT2D eigenvalue weighted by molar-refractivity contribution is 6.31. The van der Waals surface area contributed by atoms with Crippen molar-refractivity contribution >= 4 is 34.4 Å². The van der Waals surface area contributed by atoms with Gasteiger partial charge in [-0.05, 0) is 30.7 Å². The molecule has 0 unspecified atom stereocenters. The lowest BCUT2D eigenvalue weighted by molar-refractivity contribution is 0.100. The third kappa shape index (κ3) is 3.32. The Morgan fingerprint density at radius 2 is 1.92 bits per heavy atom. The monoisotopic (exact) mass is 368 g/mol. The van der Waals surface area contributed by atoms with E-state index in [1.807, 2.05) is 31.2 Å². The first-order chi connectivity index (χ1) is 12.4. The molecule has 1 amide bonds. The SMILES string of the molecule is COc1cc(Cl)cc2nc(-c3ccccc3C)cc(C(=O)N=C(N)N)c12. The van der Waals surface area contributed by atoms with E-state index in [1.54, 1.807) is 18.2 Å². The minimum atomic E-state index is -0.576. The number of nitrogens with zero attached hydrogens (tertiary/aromatic N) is 2. The minimum Gasteiger partial charge on any atom is -0.496 e. The number of aliphatic imine (C=N–C) groups is 1. The second-order valence-electron chi connectivity index (χ2n) is 5.71. The molecular formula is C19H17ClN4O2. The van der Waals surface area contributed by atoms with Crippen molar-refractivity contribution in [3.63, 3.8) is 0 Å². The van der Waals surface area contributed by atoms with E-state index in [1.165, 1.54) is 7.11 Å². The number of aromatic nitrogens is 1. The minimum absolute atomic E-state index is 0.287. The summed E-state index contributed by atoms with van der Waals surface area (Å²) < 4.78 is 5.39. The zero-order valence-corrected chi connectivity index (χ0v) is 15.0. The molecule has 1 aromatic heterocycles. The van der Waals surface area contributed by atoms with Gasteiger partial charge in [-0.2, -0.15) is 4.99 Å². The van der Waals surface area contributed by atoms with Gasteiger partial charge < -0.3 is 16.2 Å². The molecule has 4 N–H and O–H groups in total. The number of fused-ring (bicyclic) bond motifs is 1. The molecule has 0 aliphatic rings. The molecule has 7 heteroatoms. The molecule has 6 nitrogen and oxygen atoms in total. The van der Waals surface area contributed by atoms with E-state index in [4.69, 9.17) is 27.8 Å². The highest BCUT2D eigenvalue weighted by Gasteiger charge is 2.18. The van der Waals surface area contributed by atoms with Crippen LogP contribution in [0.2, 0.25) is 5.02 Å². The average molecular weight is 369 g/mol. The molecule has 0 saturated carbocycles. The molecule has 0 spiro atoms. The van der Waals surface area contributed by atoms with Gasteiger partial charge in [-0.3, -0.25) is 4.79 Å². The summed E-state index contributed by atoms with van der Waals surface area (Å²) in [7, 11) is 1.50. The van der Waals surface area contributed by atoms with Crippen LogP contribution in [0, 0.1) is 6.92 Å². The van der Waals surface area contributed by atoms with Crippen LogP contribution in [-0.4, -0.2) is 24.0 Å². The fourth-order valence-corrected chi connectivity index (χ4v) is 3.01. The smallest absolute Gasteiger partial charge is 0.281 e. The van der Waals surface area contributed by atoms with Crippen LogP contribution in [-0.2, 0) is 0 Å². The van der Waals surface area contributed by atoms with Gasteiger partial charge in [0.05, 0.1) is 29.3 Å². The number of hydrogen-bond donors (Lipinski definition) is 2. The Kier molecular flexibility index (Phi) is 4.77. The van der Waals surface area contributed by atoms with Crippen LogP contribution in [0.1, 0.15) is 15.9 Å². The van der Waals surface area contributed by atoms with Crippen LogP contribution < -0.4 is 16.2 Å². The van der Waals surface area contributed by atoms with Crippen molar-refractivity contribution < 1.29 is 9.53 Å². The Balaban J connectivity index is 2.39. The number of pyridine rings is 1. The first-order valence-corrected chi connectivity index (χ1v) is 8.16. The molecule has 2 aromatic carbocycles. The fourth-order valence-electron chi connectivity index (χ4n) is 2.80. The van der Waals surface area contributed by atoms with Gasteiger partial charge in [-0.25, -0.2) is 4.98 Å². The Morgan fingerprint density at radius 3 is 2.58 bits per heavy atom. The van der Waals surface area contributed by atoms with Crippen molar-refractivity contribution in [3.8, 4) is 17.0 Å². The lowest BCUT2D eigenvalue weighted by atomic mass is 10.0. The van der Waals surface area contributed by atoms with Gasteiger partial charge in [0, 0.05) is 10.6 Å². The Labute approximate surface area is 155 Å². The summed E-state index contributed by atoms with van der Waals surface area (Å²) in [6.07, 6.45) is 0. The summed E-state index contributed by atoms with van der Waals surface area (Å²) in [5.74, 6) is -0.469. The van der Waals surface area contributed by atoms with E-state index < -0.39 is 5.91 Å². The number of carbonyl (C=O) groups excluding carboxylic acids is 1. The number of amides is 1. The molecule has 3 aromatic rings. The number of carbonyl (C=O) groups is 1. The van der Waals surface area contributed by atoms with E-state index >= 15 is 0 Å². The predicted octanol–water partition coefficient (Wildman–Crippen LogP) is 3.29. The third-order valence-electron chi connectivity index (χ3n) is 3.94. The zero-order chi connectivity index (χ0) is 18.8. The van der Waals surface area contributed by atoms with Crippen molar-refractivity contribution in [1.29, 1.82) is 0 Å². The van der Waals surface area contributed by atoms with E-state index in [0.717, 1.165) is 11.1 Å². The summed E-state index contributed by atoms with van der Waals surface area (Å²) in [5.41, 5.74) is 14.1. The molecule has 0 fully saturated rings. The van der Waals surface area contributed by atoms with Crippen LogP contribution in [0.5, 0.6) is 5.75 Å². The normalized spacial score (nSPS) is 10.6. The standard InChI is InChI=1S/C19H17ClN4O2/c1-10-5-3-4-6-12(10)14-9-13(18(25)24-19(21)22)17-15(23-14)7-11(20)8-16(17)26-2/h3-9H,1-2H3,(H4,21,22,24,25). The van der Waals surface area contributed by atoms with Gasteiger partial charge >= 0.3 is 0 Å². The molecule has 0 radical (unpaired) electrons. The van der Waals surface area contributed by atoms with Crippen molar-refractivity contribution in [3.05, 3.63) is 58.6 Å². The van der Waals surface area contributed by atoms with Crippen molar-refractivity contribution in [2.45, 2.75) is 6.92 Å². The molecule has 1 heterocycles. The summed E-state index contributed by atoms with van der Waals surface area (Å²) in [5, 5.41) is 0.952. The molecule has 0 aliphatic carbocycles. The first-order valence-electron chi connectivity index (χ1n) is 7.79. The summed E-state index contributed by atoms with van der Waals surface area (Å²) in [4.78, 5) is 21.0. The first kappa shape index (κ1) is 17.7. The highest BCUT2D eigenvalue weighted by Crippen LogP contribution is 2.35. The average Bonchev–Trinajstić information content (AvgIpc) is 2.59. The number of aryl methyl sites for hydroxylation is 1. The lowest BCUT2D eigenvalue weighted by Gasteiger charge is -2.13. The van der Waals surface area contributed by atoms with Gasteiger partial charge in [0.2, 0.25) is 0 Å². The molecule has 26 heavy (non-hydrogen) atoms. The number of nitrogens with two attached hydrogens (primary N) is 2. The van der Waals surface area contributed by atoms with Crippen LogP contribution in [0.3, 0.4) is 0 Å². The number of halogens is 1. The Hall–Kier alpha value is -3.12. The topological polar surface area (TPSA) is 104 Å². The van der Waals surface area contributed by atoms with E-state index in [0.29, 0.717) is 27.4 Å². The Bertz CT molecular complexity index is 1040. The van der Waals surface area contributed by atoms with E-state index in [9.17, 15) is 4.79 Å². The number of ether oxygens (including phenoxy) is 1. The number of benzene rings is 2. The number of methoxy groups -OCH3 is 1. The fraction of sp³-hybridized carbons (Fsp3) is 0.105. The maximum atomic E-state index is 12.6. The summed E-state index contributed by atoms with van der Waals surface area (Å²) in [6, 6.07) is 12.7. The number of hydrogen-bond acceptors (Lipinski definition) is 3. The molecule has 0 saturated heterocycles. The van der Waals surface area contributed by atoms with Gasteiger partial charge in [-0.15, -0.1) is 0 Å². The molecular weight excluding hydrogens is 352 g/mol. The predicted molar refractivity (Wildman–Crippen MR) is 104 cm³/mol. The van der Waals surface area contributed by atoms with Crippen LogP contribution >= 0.6 is 11.6 Å². The maximum absolute atomic E-state index is 12.6. The van der Waals surface area contributed by atoms with Crippen molar-refractivity contribution in [2.24, 2.45) is 16.5 Å². The second-order valence-corrected chi connectivity index (χ2v) is 6.15. The van der Waals surface area contributed by atoms with E-state index in [-0.39, 0.29) is 11.5 Å². The van der Waals surface area contributed by atoms with Gasteiger partial charge in [0.15, 0.2) is 5.96 Å². The number of guanidine groups is 1. The third-order valence-corrected chi connectivity index (χ3v) is 4.16. The lowest BCUT2D eigenvalue weighted by Crippen LogP contribution is -2.24. The second kappa shape index (κ2) is 7.01. The molecule has 0 atom stereocenters. The van der Waals surface area contributed by atoms with E-state index in [2.05, 4.69) is 9.98 Å². The highest BCUT2D eigenvalue weighted by atomic mass is 35.5. The largest absolute Gasteiger partial charge is 0.496 e. The number of rotatable bonds is 3. The molecule has 3 rings (SSSR count). The van der Waals surface area contributed by atoms with Gasteiger partial charge in [0.25, 0.3) is 5.91 Å². The van der Waals surface area contributed by atoms with Crippen LogP contribution in [0.4, 0.5) is 0 Å². The zero-order valence-electron chi connectivity index (χ0n) is 14.3. The maximum Gasteiger partial charge on any atom is 0.281 e. The van der Waals surface area contributed by atoms with Gasteiger partial charge in [0.1, 0.15) is 5.75 Å². The van der Waals surface area contributed by atoms with Crippen LogP contribution in [0.15, 0.2) is 47.5 Å². The molecule has 132 valence electrons. The van der Waals surface area contributed by atoms with Gasteiger partial charge in [-0.1, -0.05) is 35.9 Å². The van der Waals surface area contributed by atoms with Crippen LogP contribution in [0.25, 0.3) is 22.2 Å². The summed E-state index contributed by atoms with van der Waals surface area (Å²) in [6.45, 7) is 1.97. The summed E-state index contributed by atoms with van der Waals surface area (Å²) >= 11 is 6.18. The Morgan fingerprint density at radius 1 is 1.19 bits per heavy atom. The molecule has 0 bridgehead atoms. The van der Waals surface area contributed by atoms with Crippen molar-refractivity contribution in [2.75, 3.05) is 7.11 Å². The quantitative estimate of drug-likeness (QED) is 0.545. The molecule has 0 aliphatic heterocycles. The van der Waals surface area contributed by atoms with Crippen molar-refractivity contribution in [1.82, 2.24) is 4.98 Å².